The van der Waals surface area contributed by atoms with Crippen molar-refractivity contribution in [3.63, 3.8) is 0 Å². The van der Waals surface area contributed by atoms with Gasteiger partial charge in [0.2, 0.25) is 0 Å². The molecule has 7 heteroatoms. The minimum atomic E-state index is -1.02. The molecule has 6 nitrogen and oxygen atoms in total. The minimum absolute atomic E-state index is 0.385. The van der Waals surface area contributed by atoms with E-state index >= 15 is 0 Å². The molecular weight excluding hydrogens is 354 g/mol. The minimum Gasteiger partial charge on any atom is -0.482 e. The number of pyridine rings is 1. The number of carboxylic acid groups (broad SMARTS) is 1. The number of carboxylic acids is 1. The summed E-state index contributed by atoms with van der Waals surface area (Å²) in [5.41, 5.74) is 6.18. The topological polar surface area (TPSA) is 83.8 Å². The van der Waals surface area contributed by atoms with Crippen LogP contribution in [-0.2, 0) is 4.79 Å². The van der Waals surface area contributed by atoms with E-state index in [4.69, 9.17) is 21.4 Å². The molecule has 0 spiro atoms. The molecule has 0 bridgehead atoms. The van der Waals surface area contributed by atoms with Gasteiger partial charge in [0.05, 0.1) is 16.9 Å². The van der Waals surface area contributed by atoms with Crippen LogP contribution in [0.15, 0.2) is 59.8 Å². The van der Waals surface area contributed by atoms with Gasteiger partial charge in [-0.1, -0.05) is 23.7 Å². The second-order valence-corrected chi connectivity index (χ2v) is 5.98. The largest absolute Gasteiger partial charge is 0.482 e. The van der Waals surface area contributed by atoms with E-state index in [0.717, 1.165) is 27.9 Å². The van der Waals surface area contributed by atoms with Gasteiger partial charge in [-0.25, -0.2) is 4.79 Å². The Hall–Kier alpha value is -3.12. The van der Waals surface area contributed by atoms with Crippen LogP contribution in [-0.4, -0.2) is 28.4 Å². The number of benzene rings is 2. The maximum atomic E-state index is 10.6. The predicted molar refractivity (Wildman–Crippen MR) is 102 cm³/mol. The molecule has 1 aromatic heterocycles. The highest BCUT2D eigenvalue weighted by atomic mass is 35.5. The van der Waals surface area contributed by atoms with Crippen molar-refractivity contribution in [3.05, 3.63) is 65.3 Å². The Morgan fingerprint density at radius 1 is 1.27 bits per heavy atom. The highest BCUT2D eigenvalue weighted by molar-refractivity contribution is 6.31. The van der Waals surface area contributed by atoms with Gasteiger partial charge in [0, 0.05) is 22.2 Å². The molecular formula is C19H16ClN3O3. The first kappa shape index (κ1) is 17.7. The maximum Gasteiger partial charge on any atom is 0.341 e. The van der Waals surface area contributed by atoms with Crippen LogP contribution >= 0.6 is 11.6 Å². The third kappa shape index (κ3) is 4.29. The number of hydrazone groups is 1. The fourth-order valence-electron chi connectivity index (χ4n) is 2.38. The van der Waals surface area contributed by atoms with Crippen molar-refractivity contribution in [1.29, 1.82) is 0 Å². The quantitative estimate of drug-likeness (QED) is 0.503. The smallest absolute Gasteiger partial charge is 0.341 e. The first-order valence-corrected chi connectivity index (χ1v) is 8.20. The van der Waals surface area contributed by atoms with Crippen molar-refractivity contribution in [2.45, 2.75) is 6.92 Å². The van der Waals surface area contributed by atoms with Gasteiger partial charge < -0.3 is 9.84 Å². The Morgan fingerprint density at radius 2 is 2.12 bits per heavy atom. The van der Waals surface area contributed by atoms with E-state index < -0.39 is 5.97 Å². The molecule has 0 atom stereocenters. The SMILES string of the molecule is C/C(=N/Nc1ccnc2cc(Cl)ccc12)c1cccc(OCC(=O)O)c1. The summed E-state index contributed by atoms with van der Waals surface area (Å²) in [6.45, 7) is 1.47. The number of nitrogens with one attached hydrogen (secondary N) is 1. The van der Waals surface area contributed by atoms with Gasteiger partial charge in [-0.2, -0.15) is 5.10 Å². The number of fused-ring (bicyclic) bond motifs is 1. The van der Waals surface area contributed by atoms with Crippen molar-refractivity contribution in [3.8, 4) is 5.75 Å². The summed E-state index contributed by atoms with van der Waals surface area (Å²) in [6, 6.07) is 14.4. The first-order chi connectivity index (χ1) is 12.5. The lowest BCUT2D eigenvalue weighted by Gasteiger charge is -2.08. The summed E-state index contributed by atoms with van der Waals surface area (Å²) in [5, 5.41) is 14.6. The molecule has 0 unspecified atom stereocenters. The maximum absolute atomic E-state index is 10.6. The molecule has 0 aliphatic rings. The van der Waals surface area contributed by atoms with Crippen LogP contribution in [0, 0.1) is 0 Å². The lowest BCUT2D eigenvalue weighted by Crippen LogP contribution is -2.09. The van der Waals surface area contributed by atoms with Crippen LogP contribution in [0.1, 0.15) is 12.5 Å². The molecule has 2 N–H and O–H groups in total. The van der Waals surface area contributed by atoms with Crippen molar-refractivity contribution >= 4 is 39.9 Å². The second-order valence-electron chi connectivity index (χ2n) is 5.54. The van der Waals surface area contributed by atoms with Gasteiger partial charge in [0.25, 0.3) is 0 Å². The number of rotatable bonds is 6. The molecule has 0 saturated heterocycles. The first-order valence-electron chi connectivity index (χ1n) is 7.82. The molecule has 0 aliphatic heterocycles. The van der Waals surface area contributed by atoms with Gasteiger partial charge in [-0.3, -0.25) is 10.4 Å². The fraction of sp³-hybridized carbons (Fsp3) is 0.105. The molecule has 0 fully saturated rings. The van der Waals surface area contributed by atoms with E-state index in [-0.39, 0.29) is 6.61 Å². The molecule has 3 aromatic rings. The van der Waals surface area contributed by atoms with Crippen LogP contribution in [0.4, 0.5) is 5.69 Å². The second kappa shape index (κ2) is 7.84. The summed E-state index contributed by atoms with van der Waals surface area (Å²) in [4.78, 5) is 14.9. The van der Waals surface area contributed by atoms with Gasteiger partial charge in [-0.15, -0.1) is 0 Å². The molecule has 1 heterocycles. The fourth-order valence-corrected chi connectivity index (χ4v) is 2.55. The van der Waals surface area contributed by atoms with Gasteiger partial charge in [0.15, 0.2) is 6.61 Å². The predicted octanol–water partition coefficient (Wildman–Crippen LogP) is 4.19. The summed E-state index contributed by atoms with van der Waals surface area (Å²) in [5.74, 6) is -0.546. The molecule has 2 aromatic carbocycles. The van der Waals surface area contributed by atoms with E-state index in [1.165, 1.54) is 0 Å². The molecule has 3 rings (SSSR count). The Balaban J connectivity index is 1.81. The van der Waals surface area contributed by atoms with Gasteiger partial charge >= 0.3 is 5.97 Å². The highest BCUT2D eigenvalue weighted by Crippen LogP contribution is 2.24. The molecule has 132 valence electrons. The Labute approximate surface area is 155 Å². The van der Waals surface area contributed by atoms with E-state index in [9.17, 15) is 4.79 Å². The molecule has 0 aliphatic carbocycles. The van der Waals surface area contributed by atoms with Crippen LogP contribution in [0.25, 0.3) is 10.9 Å². The van der Waals surface area contributed by atoms with Gasteiger partial charge in [0.1, 0.15) is 5.75 Å². The third-order valence-electron chi connectivity index (χ3n) is 3.66. The van der Waals surface area contributed by atoms with E-state index in [1.807, 2.05) is 25.1 Å². The zero-order valence-corrected chi connectivity index (χ0v) is 14.7. The third-order valence-corrected chi connectivity index (χ3v) is 3.90. The lowest BCUT2D eigenvalue weighted by molar-refractivity contribution is -0.139. The monoisotopic (exact) mass is 369 g/mol. The number of hydrogen-bond donors (Lipinski definition) is 2. The molecule has 0 radical (unpaired) electrons. The summed E-state index contributed by atoms with van der Waals surface area (Å²) >= 11 is 6.00. The molecule has 0 amide bonds. The standard InChI is InChI=1S/C19H16ClN3O3/c1-12(13-3-2-4-15(9-13)26-11-19(24)25)22-23-17-7-8-21-18-10-14(20)5-6-16(17)18/h2-10H,11H2,1H3,(H,21,23)(H,24,25)/b22-12-. The van der Waals surface area contributed by atoms with Crippen LogP contribution in [0.5, 0.6) is 5.75 Å². The number of ether oxygens (including phenoxy) is 1. The summed E-state index contributed by atoms with van der Waals surface area (Å²) in [6.07, 6.45) is 1.69. The number of halogens is 1. The zero-order chi connectivity index (χ0) is 18.5. The number of carbonyl (C=O) groups is 1. The van der Waals surface area contributed by atoms with E-state index in [1.54, 1.807) is 36.5 Å². The van der Waals surface area contributed by atoms with Crippen molar-refractivity contribution in [2.75, 3.05) is 12.0 Å². The van der Waals surface area contributed by atoms with Crippen molar-refractivity contribution < 1.29 is 14.6 Å². The lowest BCUT2D eigenvalue weighted by atomic mass is 10.1. The average Bonchev–Trinajstić information content (AvgIpc) is 2.64. The Kier molecular flexibility index (Phi) is 5.34. The molecule has 26 heavy (non-hydrogen) atoms. The summed E-state index contributed by atoms with van der Waals surface area (Å²) in [7, 11) is 0. The number of nitrogens with zero attached hydrogens (tertiary/aromatic N) is 2. The van der Waals surface area contributed by atoms with Crippen LogP contribution in [0.2, 0.25) is 5.02 Å². The van der Waals surface area contributed by atoms with E-state index in [0.29, 0.717) is 10.8 Å². The van der Waals surface area contributed by atoms with Gasteiger partial charge in [-0.05, 0) is 43.3 Å². The summed E-state index contributed by atoms with van der Waals surface area (Å²) < 4.78 is 5.19. The normalized spacial score (nSPS) is 11.4. The van der Waals surface area contributed by atoms with Crippen molar-refractivity contribution in [1.82, 2.24) is 4.98 Å². The Morgan fingerprint density at radius 3 is 2.92 bits per heavy atom. The van der Waals surface area contributed by atoms with Crippen LogP contribution in [0.3, 0.4) is 0 Å². The number of anilines is 1. The number of aliphatic carboxylic acids is 1. The average molecular weight is 370 g/mol. The zero-order valence-electron chi connectivity index (χ0n) is 13.9. The van der Waals surface area contributed by atoms with Crippen molar-refractivity contribution in [2.24, 2.45) is 5.10 Å². The van der Waals surface area contributed by atoms with Crippen LogP contribution < -0.4 is 10.2 Å². The highest BCUT2D eigenvalue weighted by Gasteiger charge is 2.05. The number of hydrogen-bond acceptors (Lipinski definition) is 5. The van der Waals surface area contributed by atoms with E-state index in [2.05, 4.69) is 15.5 Å². The number of aromatic nitrogens is 1. The molecule has 0 saturated carbocycles. The Bertz CT molecular complexity index is 989.